The SMILES string of the molecule is COc1cccc(C(=O)N2CCCC[C@@H]2CCC(=O)O)c1OC. The van der Waals surface area contributed by atoms with Crippen molar-refractivity contribution in [1.82, 2.24) is 4.90 Å². The summed E-state index contributed by atoms with van der Waals surface area (Å²) in [6.07, 6.45) is 3.34. The number of likely N-dealkylation sites (tertiary alicyclic amines) is 1. The number of amides is 1. The minimum absolute atomic E-state index is 0.0387. The van der Waals surface area contributed by atoms with Gasteiger partial charge < -0.3 is 19.5 Å². The van der Waals surface area contributed by atoms with Crippen molar-refractivity contribution in [2.45, 2.75) is 38.1 Å². The zero-order valence-electron chi connectivity index (χ0n) is 13.6. The number of nitrogens with zero attached hydrogens (tertiary/aromatic N) is 1. The number of aliphatic carboxylic acids is 1. The lowest BCUT2D eigenvalue weighted by Crippen LogP contribution is -2.44. The first-order chi connectivity index (χ1) is 11.1. The lowest BCUT2D eigenvalue weighted by Gasteiger charge is -2.36. The summed E-state index contributed by atoms with van der Waals surface area (Å²) in [5.41, 5.74) is 0.453. The van der Waals surface area contributed by atoms with Gasteiger partial charge in [-0.15, -0.1) is 0 Å². The molecule has 1 heterocycles. The highest BCUT2D eigenvalue weighted by Crippen LogP contribution is 2.33. The normalized spacial score (nSPS) is 17.7. The van der Waals surface area contributed by atoms with Gasteiger partial charge in [-0.25, -0.2) is 0 Å². The molecule has 1 aliphatic rings. The van der Waals surface area contributed by atoms with Crippen LogP contribution in [-0.4, -0.2) is 48.7 Å². The van der Waals surface area contributed by atoms with Gasteiger partial charge in [0.2, 0.25) is 0 Å². The molecule has 1 saturated heterocycles. The van der Waals surface area contributed by atoms with Gasteiger partial charge >= 0.3 is 5.97 Å². The van der Waals surface area contributed by atoms with E-state index in [9.17, 15) is 9.59 Å². The largest absolute Gasteiger partial charge is 0.493 e. The minimum Gasteiger partial charge on any atom is -0.493 e. The molecule has 0 spiro atoms. The second-order valence-corrected chi connectivity index (χ2v) is 5.62. The van der Waals surface area contributed by atoms with Gasteiger partial charge in [-0.05, 0) is 37.8 Å². The van der Waals surface area contributed by atoms with Gasteiger partial charge in [-0.3, -0.25) is 9.59 Å². The number of benzene rings is 1. The van der Waals surface area contributed by atoms with Crippen LogP contribution >= 0.6 is 0 Å². The minimum atomic E-state index is -0.832. The Bertz CT molecular complexity index is 572. The summed E-state index contributed by atoms with van der Waals surface area (Å²) in [6, 6.07) is 5.17. The van der Waals surface area contributed by atoms with Crippen LogP contribution in [0.5, 0.6) is 11.5 Å². The lowest BCUT2D eigenvalue weighted by molar-refractivity contribution is -0.137. The second-order valence-electron chi connectivity index (χ2n) is 5.62. The fourth-order valence-electron chi connectivity index (χ4n) is 3.07. The van der Waals surface area contributed by atoms with Crippen LogP contribution in [0.15, 0.2) is 18.2 Å². The maximum absolute atomic E-state index is 12.9. The predicted molar refractivity (Wildman–Crippen MR) is 85.1 cm³/mol. The van der Waals surface area contributed by atoms with E-state index in [1.165, 1.54) is 14.2 Å². The van der Waals surface area contributed by atoms with Crippen molar-refractivity contribution in [3.63, 3.8) is 0 Å². The second kappa shape index (κ2) is 7.85. The lowest BCUT2D eigenvalue weighted by atomic mass is 9.96. The number of piperidine rings is 1. The van der Waals surface area contributed by atoms with Crippen LogP contribution in [0.4, 0.5) is 0 Å². The Morgan fingerprint density at radius 1 is 1.26 bits per heavy atom. The molecule has 1 aliphatic heterocycles. The van der Waals surface area contributed by atoms with Gasteiger partial charge in [-0.2, -0.15) is 0 Å². The Labute approximate surface area is 136 Å². The van der Waals surface area contributed by atoms with E-state index in [0.717, 1.165) is 19.3 Å². The summed E-state index contributed by atoms with van der Waals surface area (Å²) in [7, 11) is 3.04. The molecule has 126 valence electrons. The molecule has 0 unspecified atom stereocenters. The van der Waals surface area contributed by atoms with E-state index in [4.69, 9.17) is 14.6 Å². The molecule has 0 aliphatic carbocycles. The Hall–Kier alpha value is -2.24. The van der Waals surface area contributed by atoms with Crippen molar-refractivity contribution in [3.8, 4) is 11.5 Å². The van der Waals surface area contributed by atoms with E-state index in [-0.39, 0.29) is 18.4 Å². The van der Waals surface area contributed by atoms with E-state index >= 15 is 0 Å². The average molecular weight is 321 g/mol. The highest BCUT2D eigenvalue weighted by Gasteiger charge is 2.30. The third-order valence-electron chi connectivity index (χ3n) is 4.21. The maximum Gasteiger partial charge on any atom is 0.303 e. The van der Waals surface area contributed by atoms with Crippen LogP contribution in [0.2, 0.25) is 0 Å². The zero-order valence-corrected chi connectivity index (χ0v) is 13.6. The summed E-state index contributed by atoms with van der Waals surface area (Å²) in [5.74, 6) is -0.0298. The summed E-state index contributed by atoms with van der Waals surface area (Å²) in [4.78, 5) is 25.6. The van der Waals surface area contributed by atoms with Gasteiger partial charge in [0.1, 0.15) is 0 Å². The smallest absolute Gasteiger partial charge is 0.303 e. The molecule has 6 heteroatoms. The van der Waals surface area contributed by atoms with Crippen molar-refractivity contribution in [2.75, 3.05) is 20.8 Å². The molecule has 2 rings (SSSR count). The van der Waals surface area contributed by atoms with Crippen molar-refractivity contribution in [3.05, 3.63) is 23.8 Å². The Morgan fingerprint density at radius 2 is 2.04 bits per heavy atom. The van der Waals surface area contributed by atoms with Crippen LogP contribution in [-0.2, 0) is 4.79 Å². The van der Waals surface area contributed by atoms with Crippen molar-refractivity contribution >= 4 is 11.9 Å². The first-order valence-electron chi connectivity index (χ1n) is 7.82. The number of carboxylic acid groups (broad SMARTS) is 1. The van der Waals surface area contributed by atoms with Crippen LogP contribution in [0, 0.1) is 0 Å². The van der Waals surface area contributed by atoms with E-state index in [2.05, 4.69) is 0 Å². The molecule has 1 amide bonds. The molecule has 1 aromatic rings. The summed E-state index contributed by atoms with van der Waals surface area (Å²) in [5, 5.41) is 8.90. The van der Waals surface area contributed by atoms with Crippen LogP contribution in [0.3, 0.4) is 0 Å². The van der Waals surface area contributed by atoms with Crippen LogP contribution in [0.25, 0.3) is 0 Å². The predicted octanol–water partition coefficient (Wildman–Crippen LogP) is 2.56. The van der Waals surface area contributed by atoms with Crippen molar-refractivity contribution in [2.24, 2.45) is 0 Å². The standard InChI is InChI=1S/C17H23NO5/c1-22-14-8-5-7-13(16(14)23-2)17(21)18-11-4-3-6-12(18)9-10-15(19)20/h5,7-8,12H,3-4,6,9-11H2,1-2H3,(H,19,20)/t12-/m1/s1. The number of carboxylic acids is 1. The number of methoxy groups -OCH3 is 2. The molecule has 1 atom stereocenters. The average Bonchev–Trinajstić information content (AvgIpc) is 2.58. The molecule has 1 fully saturated rings. The van der Waals surface area contributed by atoms with E-state index < -0.39 is 5.97 Å². The molecule has 1 aromatic carbocycles. The monoisotopic (exact) mass is 321 g/mol. The Balaban J connectivity index is 2.24. The Morgan fingerprint density at radius 3 is 2.70 bits per heavy atom. The zero-order chi connectivity index (χ0) is 16.8. The molecule has 0 radical (unpaired) electrons. The fourth-order valence-corrected chi connectivity index (χ4v) is 3.07. The molecule has 23 heavy (non-hydrogen) atoms. The number of para-hydroxylation sites is 1. The quantitative estimate of drug-likeness (QED) is 0.871. The van der Waals surface area contributed by atoms with Gasteiger partial charge in [-0.1, -0.05) is 6.07 Å². The number of carbonyl (C=O) groups excluding carboxylic acids is 1. The topological polar surface area (TPSA) is 76.1 Å². The van der Waals surface area contributed by atoms with Crippen molar-refractivity contribution in [1.29, 1.82) is 0 Å². The maximum atomic E-state index is 12.9. The fraction of sp³-hybridized carbons (Fsp3) is 0.529. The number of ether oxygens (including phenoxy) is 2. The van der Waals surface area contributed by atoms with Crippen LogP contribution < -0.4 is 9.47 Å². The molecular formula is C17H23NO5. The molecule has 6 nitrogen and oxygen atoms in total. The molecule has 0 saturated carbocycles. The van der Waals surface area contributed by atoms with Crippen molar-refractivity contribution < 1.29 is 24.2 Å². The first-order valence-corrected chi connectivity index (χ1v) is 7.82. The highest BCUT2D eigenvalue weighted by molar-refractivity contribution is 5.98. The molecule has 1 N–H and O–H groups in total. The number of hydrogen-bond donors (Lipinski definition) is 1. The number of hydrogen-bond acceptors (Lipinski definition) is 4. The van der Waals surface area contributed by atoms with E-state index in [1.54, 1.807) is 23.1 Å². The Kier molecular flexibility index (Phi) is 5.84. The highest BCUT2D eigenvalue weighted by atomic mass is 16.5. The van der Waals surface area contributed by atoms with Crippen LogP contribution in [0.1, 0.15) is 42.5 Å². The summed E-state index contributed by atoms with van der Waals surface area (Å²) in [6.45, 7) is 0.642. The van der Waals surface area contributed by atoms with Gasteiger partial charge in [0, 0.05) is 19.0 Å². The molecule has 0 bridgehead atoms. The van der Waals surface area contributed by atoms with Gasteiger partial charge in [0.05, 0.1) is 19.8 Å². The van der Waals surface area contributed by atoms with Gasteiger partial charge in [0.25, 0.3) is 5.91 Å². The first kappa shape index (κ1) is 17.1. The van der Waals surface area contributed by atoms with Gasteiger partial charge in [0.15, 0.2) is 11.5 Å². The van der Waals surface area contributed by atoms with E-state index in [1.807, 2.05) is 0 Å². The number of rotatable bonds is 6. The summed E-state index contributed by atoms with van der Waals surface area (Å²) < 4.78 is 10.6. The molecular weight excluding hydrogens is 298 g/mol. The van der Waals surface area contributed by atoms with E-state index in [0.29, 0.717) is 30.0 Å². The number of carbonyl (C=O) groups is 2. The third kappa shape index (κ3) is 3.94. The third-order valence-corrected chi connectivity index (χ3v) is 4.21. The molecule has 0 aromatic heterocycles. The summed E-state index contributed by atoms with van der Waals surface area (Å²) >= 11 is 0.